The highest BCUT2D eigenvalue weighted by Crippen LogP contribution is 2.34. The third-order valence-electron chi connectivity index (χ3n) is 3.08. The summed E-state index contributed by atoms with van der Waals surface area (Å²) in [7, 11) is 0. The highest BCUT2D eigenvalue weighted by molar-refractivity contribution is 7.80. The lowest BCUT2D eigenvalue weighted by Crippen LogP contribution is -2.22. The second kappa shape index (κ2) is 6.83. The van der Waals surface area contributed by atoms with Crippen LogP contribution in [0.15, 0.2) is 42.5 Å². The van der Waals surface area contributed by atoms with Gasteiger partial charge in [-0.3, -0.25) is 10.1 Å². The van der Waals surface area contributed by atoms with Gasteiger partial charge in [-0.1, -0.05) is 18.2 Å². The van der Waals surface area contributed by atoms with Crippen molar-refractivity contribution in [3.8, 4) is 0 Å². The number of alkyl halides is 3. The van der Waals surface area contributed by atoms with Gasteiger partial charge < -0.3 is 10.6 Å². The summed E-state index contributed by atoms with van der Waals surface area (Å²) in [5, 5.41) is 15.9. The quantitative estimate of drug-likeness (QED) is 0.473. The first-order chi connectivity index (χ1) is 11.2. The van der Waals surface area contributed by atoms with Crippen molar-refractivity contribution in [3.05, 3.63) is 63.7 Å². The van der Waals surface area contributed by atoms with E-state index in [1.807, 2.05) is 0 Å². The summed E-state index contributed by atoms with van der Waals surface area (Å²) in [6.07, 6.45) is -4.55. The number of aryl methyl sites for hydroxylation is 1. The van der Waals surface area contributed by atoms with Gasteiger partial charge in [0, 0.05) is 6.07 Å². The number of nitro benzene ring substituents is 1. The van der Waals surface area contributed by atoms with Gasteiger partial charge in [-0.2, -0.15) is 13.2 Å². The number of anilines is 2. The van der Waals surface area contributed by atoms with E-state index in [2.05, 4.69) is 10.6 Å². The van der Waals surface area contributed by atoms with E-state index in [9.17, 15) is 23.3 Å². The van der Waals surface area contributed by atoms with Crippen molar-refractivity contribution >= 4 is 34.4 Å². The van der Waals surface area contributed by atoms with Gasteiger partial charge in [0.05, 0.1) is 16.2 Å². The van der Waals surface area contributed by atoms with Gasteiger partial charge in [-0.05, 0) is 42.9 Å². The number of hydrogen-bond acceptors (Lipinski definition) is 3. The summed E-state index contributed by atoms with van der Waals surface area (Å²) in [5.41, 5.74) is -0.575. The van der Waals surface area contributed by atoms with Crippen LogP contribution in [-0.2, 0) is 6.18 Å². The Morgan fingerprint density at radius 3 is 2.38 bits per heavy atom. The topological polar surface area (TPSA) is 67.2 Å². The molecule has 0 radical (unpaired) electrons. The zero-order valence-corrected chi connectivity index (χ0v) is 13.2. The van der Waals surface area contributed by atoms with E-state index in [4.69, 9.17) is 12.2 Å². The van der Waals surface area contributed by atoms with Crippen molar-refractivity contribution in [2.24, 2.45) is 0 Å². The van der Waals surface area contributed by atoms with Gasteiger partial charge in [0.2, 0.25) is 0 Å². The molecule has 0 aliphatic carbocycles. The first kappa shape index (κ1) is 17.7. The van der Waals surface area contributed by atoms with E-state index < -0.39 is 16.7 Å². The first-order valence-corrected chi connectivity index (χ1v) is 7.08. The van der Waals surface area contributed by atoms with Gasteiger partial charge in [0.1, 0.15) is 5.69 Å². The molecule has 0 fully saturated rings. The molecule has 0 heterocycles. The Balaban J connectivity index is 2.23. The molecule has 0 amide bonds. The van der Waals surface area contributed by atoms with E-state index >= 15 is 0 Å². The maximum atomic E-state index is 12.9. The third-order valence-corrected chi connectivity index (χ3v) is 3.28. The van der Waals surface area contributed by atoms with Crippen molar-refractivity contribution in [2.75, 3.05) is 10.6 Å². The summed E-state index contributed by atoms with van der Waals surface area (Å²) >= 11 is 4.97. The lowest BCUT2D eigenvalue weighted by molar-refractivity contribution is -0.383. The predicted molar refractivity (Wildman–Crippen MR) is 89.1 cm³/mol. The molecule has 2 N–H and O–H groups in total. The molecule has 0 saturated heterocycles. The molecule has 0 saturated carbocycles. The fraction of sp³-hybridized carbons (Fsp3) is 0.133. The van der Waals surface area contributed by atoms with Crippen LogP contribution >= 0.6 is 12.2 Å². The van der Waals surface area contributed by atoms with Crippen molar-refractivity contribution in [3.63, 3.8) is 0 Å². The van der Waals surface area contributed by atoms with Crippen molar-refractivity contribution < 1.29 is 18.1 Å². The fourth-order valence-corrected chi connectivity index (χ4v) is 2.23. The summed E-state index contributed by atoms with van der Waals surface area (Å²) in [6.45, 7) is 1.69. The fourth-order valence-electron chi connectivity index (χ4n) is 2.01. The number of nitrogens with one attached hydrogen (secondary N) is 2. The number of halogens is 3. The van der Waals surface area contributed by atoms with E-state index in [1.165, 1.54) is 30.3 Å². The smallest absolute Gasteiger partial charge is 0.332 e. The molecule has 2 aromatic carbocycles. The largest absolute Gasteiger partial charge is 0.418 e. The molecular weight excluding hydrogens is 343 g/mol. The van der Waals surface area contributed by atoms with E-state index in [1.54, 1.807) is 13.0 Å². The number of benzene rings is 2. The summed E-state index contributed by atoms with van der Waals surface area (Å²) in [4.78, 5) is 10.5. The van der Waals surface area contributed by atoms with Gasteiger partial charge in [0.15, 0.2) is 5.11 Å². The van der Waals surface area contributed by atoms with Crippen LogP contribution < -0.4 is 10.6 Å². The number of nitrogens with zero attached hydrogens (tertiary/aromatic N) is 1. The maximum absolute atomic E-state index is 12.9. The predicted octanol–water partition coefficient (Wildman–Crippen LogP) is 4.73. The van der Waals surface area contributed by atoms with E-state index in [0.29, 0.717) is 5.56 Å². The SMILES string of the molecule is Cc1ccc(NC(=S)Nc2ccccc2C(F)(F)F)c([N+](=O)[O-])c1. The lowest BCUT2D eigenvalue weighted by atomic mass is 10.1. The summed E-state index contributed by atoms with van der Waals surface area (Å²) in [5.74, 6) is 0. The first-order valence-electron chi connectivity index (χ1n) is 6.68. The van der Waals surface area contributed by atoms with Crippen LogP contribution in [0.1, 0.15) is 11.1 Å². The Bertz CT molecular complexity index is 794. The molecule has 0 unspecified atom stereocenters. The zero-order chi connectivity index (χ0) is 17.9. The molecule has 9 heteroatoms. The average molecular weight is 355 g/mol. The van der Waals surface area contributed by atoms with Crippen LogP contribution in [0.4, 0.5) is 30.2 Å². The van der Waals surface area contributed by atoms with Crippen LogP contribution in [0.3, 0.4) is 0 Å². The number of nitro groups is 1. The lowest BCUT2D eigenvalue weighted by Gasteiger charge is -2.15. The maximum Gasteiger partial charge on any atom is 0.418 e. The molecule has 24 heavy (non-hydrogen) atoms. The van der Waals surface area contributed by atoms with E-state index in [0.717, 1.165) is 6.07 Å². The molecule has 5 nitrogen and oxygen atoms in total. The van der Waals surface area contributed by atoms with Crippen LogP contribution in [0.25, 0.3) is 0 Å². The zero-order valence-electron chi connectivity index (χ0n) is 12.3. The molecule has 0 aromatic heterocycles. The Kier molecular flexibility index (Phi) is 5.03. The molecule has 2 rings (SSSR count). The molecule has 0 atom stereocenters. The highest BCUT2D eigenvalue weighted by atomic mass is 32.1. The molecule has 0 aliphatic heterocycles. The number of thiocarbonyl (C=S) groups is 1. The minimum Gasteiger partial charge on any atom is -0.332 e. The Morgan fingerprint density at radius 2 is 1.75 bits per heavy atom. The average Bonchev–Trinajstić information content (AvgIpc) is 2.48. The second-order valence-corrected chi connectivity index (χ2v) is 5.31. The number of rotatable bonds is 3. The Morgan fingerprint density at radius 1 is 1.12 bits per heavy atom. The van der Waals surface area contributed by atoms with Gasteiger partial charge in [0.25, 0.3) is 5.69 Å². The monoisotopic (exact) mass is 355 g/mol. The molecule has 0 spiro atoms. The second-order valence-electron chi connectivity index (χ2n) is 4.90. The Labute approximate surface area is 140 Å². The highest BCUT2D eigenvalue weighted by Gasteiger charge is 2.33. The summed E-state index contributed by atoms with van der Waals surface area (Å²) < 4.78 is 38.8. The minimum atomic E-state index is -4.55. The number of hydrogen-bond donors (Lipinski definition) is 2. The van der Waals surface area contributed by atoms with Crippen LogP contribution in [0, 0.1) is 17.0 Å². The van der Waals surface area contributed by atoms with Crippen molar-refractivity contribution in [1.82, 2.24) is 0 Å². The molecule has 0 aliphatic rings. The van der Waals surface area contributed by atoms with Gasteiger partial charge in [-0.25, -0.2) is 0 Å². The normalized spacial score (nSPS) is 11.0. The Hall–Kier alpha value is -2.68. The van der Waals surface area contributed by atoms with Crippen molar-refractivity contribution in [2.45, 2.75) is 13.1 Å². The third kappa shape index (κ3) is 4.19. The van der Waals surface area contributed by atoms with Gasteiger partial charge in [-0.15, -0.1) is 0 Å². The molecule has 0 bridgehead atoms. The van der Waals surface area contributed by atoms with Crippen LogP contribution in [0.2, 0.25) is 0 Å². The van der Waals surface area contributed by atoms with Crippen LogP contribution in [0.5, 0.6) is 0 Å². The van der Waals surface area contributed by atoms with Crippen LogP contribution in [-0.4, -0.2) is 10.0 Å². The summed E-state index contributed by atoms with van der Waals surface area (Å²) in [6, 6.07) is 9.23. The molecular formula is C15H12F3N3O2S. The molecule has 2 aromatic rings. The molecule has 126 valence electrons. The number of para-hydroxylation sites is 1. The van der Waals surface area contributed by atoms with Crippen molar-refractivity contribution in [1.29, 1.82) is 0 Å². The van der Waals surface area contributed by atoms with Gasteiger partial charge >= 0.3 is 6.18 Å². The van der Waals surface area contributed by atoms with E-state index in [-0.39, 0.29) is 22.2 Å². The minimum absolute atomic E-state index is 0.0904. The standard InChI is InChI=1S/C15H12F3N3O2S/c1-9-6-7-12(13(8-9)21(22)23)20-14(24)19-11-5-3-2-4-10(11)15(16,17)18/h2-8H,1H3,(H2,19,20,24).